The van der Waals surface area contributed by atoms with E-state index in [1.165, 1.54) is 4.90 Å². The molecule has 2 heterocycles. The number of rotatable bonds is 2. The van der Waals surface area contributed by atoms with E-state index < -0.39 is 29.7 Å². The van der Waals surface area contributed by atoms with Crippen LogP contribution in [0, 0.1) is 0 Å². The quantitative estimate of drug-likeness (QED) is 0.645. The molecular formula is C12H20N2O5. The molecule has 2 amide bonds. The third-order valence-corrected chi connectivity index (χ3v) is 4.10. The van der Waals surface area contributed by atoms with Gasteiger partial charge in [0.25, 0.3) is 0 Å². The van der Waals surface area contributed by atoms with Crippen LogP contribution in [0.5, 0.6) is 0 Å². The Morgan fingerprint density at radius 2 is 2.16 bits per heavy atom. The van der Waals surface area contributed by atoms with Crippen LogP contribution in [0.2, 0.25) is 0 Å². The number of nitrogens with zero attached hydrogens (tertiary/aromatic N) is 1. The number of carboxylic acid groups (broad SMARTS) is 1. The second kappa shape index (κ2) is 4.97. The lowest BCUT2D eigenvalue weighted by molar-refractivity contribution is -0.141. The van der Waals surface area contributed by atoms with Gasteiger partial charge in [-0.25, -0.2) is 9.59 Å². The molecule has 7 heteroatoms. The zero-order valence-corrected chi connectivity index (χ0v) is 11.1. The van der Waals surface area contributed by atoms with Gasteiger partial charge < -0.3 is 25.2 Å². The zero-order chi connectivity index (χ0) is 14.2. The molecule has 2 rings (SSSR count). The molecule has 2 aliphatic heterocycles. The summed E-state index contributed by atoms with van der Waals surface area (Å²) in [4.78, 5) is 24.5. The summed E-state index contributed by atoms with van der Waals surface area (Å²) < 4.78 is 5.43. The van der Waals surface area contributed by atoms with Gasteiger partial charge in [0.15, 0.2) is 0 Å². The van der Waals surface area contributed by atoms with E-state index in [0.29, 0.717) is 13.0 Å². The van der Waals surface area contributed by atoms with E-state index in [0.717, 1.165) is 0 Å². The molecule has 108 valence electrons. The highest BCUT2D eigenvalue weighted by Gasteiger charge is 2.43. The van der Waals surface area contributed by atoms with Crippen molar-refractivity contribution in [3.8, 4) is 0 Å². The average molecular weight is 272 g/mol. The van der Waals surface area contributed by atoms with Crippen LogP contribution < -0.4 is 5.32 Å². The summed E-state index contributed by atoms with van der Waals surface area (Å²) in [6, 6.07) is -1.42. The molecular weight excluding hydrogens is 252 g/mol. The summed E-state index contributed by atoms with van der Waals surface area (Å²) in [6.45, 7) is 4.38. The van der Waals surface area contributed by atoms with Gasteiger partial charge in [-0.2, -0.15) is 0 Å². The van der Waals surface area contributed by atoms with Crippen molar-refractivity contribution in [1.29, 1.82) is 0 Å². The molecule has 0 bridgehead atoms. The van der Waals surface area contributed by atoms with Crippen LogP contribution in [-0.4, -0.2) is 64.1 Å². The Labute approximate surface area is 111 Å². The van der Waals surface area contributed by atoms with Crippen LogP contribution in [0.3, 0.4) is 0 Å². The van der Waals surface area contributed by atoms with Gasteiger partial charge in [0.1, 0.15) is 6.04 Å². The van der Waals surface area contributed by atoms with Crippen molar-refractivity contribution < 1.29 is 24.5 Å². The maximum atomic E-state index is 12.2. The van der Waals surface area contributed by atoms with Crippen molar-refractivity contribution in [3.05, 3.63) is 0 Å². The third kappa shape index (κ3) is 2.66. The first-order chi connectivity index (χ1) is 8.83. The second-order valence-electron chi connectivity index (χ2n) is 5.51. The number of carbonyl (C=O) groups excluding carboxylic acids is 1. The van der Waals surface area contributed by atoms with Crippen LogP contribution in [0.15, 0.2) is 0 Å². The van der Waals surface area contributed by atoms with Gasteiger partial charge in [-0.05, 0) is 20.3 Å². The number of hydrogen-bond donors (Lipinski definition) is 3. The minimum atomic E-state index is -1.09. The van der Waals surface area contributed by atoms with Crippen molar-refractivity contribution in [2.24, 2.45) is 0 Å². The molecule has 2 aliphatic rings. The Kier molecular flexibility index (Phi) is 3.69. The molecule has 0 aromatic rings. The molecule has 19 heavy (non-hydrogen) atoms. The van der Waals surface area contributed by atoms with Crippen LogP contribution in [0.4, 0.5) is 4.79 Å². The fourth-order valence-electron chi connectivity index (χ4n) is 2.59. The van der Waals surface area contributed by atoms with E-state index in [9.17, 15) is 14.7 Å². The molecule has 0 aromatic heterocycles. The molecule has 0 saturated carbocycles. The number of hydrogen-bond acceptors (Lipinski definition) is 4. The molecule has 0 aromatic carbocycles. The molecule has 4 atom stereocenters. The minimum Gasteiger partial charge on any atom is -0.480 e. The number of carboxylic acids is 1. The number of carbonyl (C=O) groups is 2. The summed E-state index contributed by atoms with van der Waals surface area (Å²) in [7, 11) is 0. The number of aliphatic carboxylic acids is 1. The first-order valence-corrected chi connectivity index (χ1v) is 6.45. The van der Waals surface area contributed by atoms with Gasteiger partial charge in [-0.15, -0.1) is 0 Å². The van der Waals surface area contributed by atoms with E-state index in [-0.39, 0.29) is 19.1 Å². The Hall–Kier alpha value is -1.34. The van der Waals surface area contributed by atoms with Gasteiger partial charge in [0, 0.05) is 19.6 Å². The topological polar surface area (TPSA) is 99.1 Å². The number of ether oxygens (including phenoxy) is 1. The molecule has 3 N–H and O–H groups in total. The van der Waals surface area contributed by atoms with Gasteiger partial charge in [-0.3, -0.25) is 0 Å². The van der Waals surface area contributed by atoms with Gasteiger partial charge >= 0.3 is 12.0 Å². The van der Waals surface area contributed by atoms with E-state index in [2.05, 4.69) is 5.32 Å². The number of aliphatic hydroxyl groups is 1. The fraction of sp³-hybridized carbons (Fsp3) is 0.833. The normalized spacial score (nSPS) is 38.5. The largest absolute Gasteiger partial charge is 0.480 e. The summed E-state index contributed by atoms with van der Waals surface area (Å²) in [5.74, 6) is -1.09. The minimum absolute atomic E-state index is 0.0497. The highest BCUT2D eigenvalue weighted by atomic mass is 16.5. The molecule has 0 radical (unpaired) electrons. The summed E-state index contributed by atoms with van der Waals surface area (Å²) >= 11 is 0. The standard InChI is InChI=1S/C12H20N2O5/c1-7-12(2,3-4-19-7)13-11(18)14-6-8(15)5-9(14)10(16)17/h7-9,15H,3-6H2,1-2H3,(H,13,18)(H,16,17)/t7?,8-,9-,12?/m1/s1. The number of urea groups is 1. The van der Waals surface area contributed by atoms with Crippen LogP contribution in [0.25, 0.3) is 0 Å². The number of aliphatic hydroxyl groups excluding tert-OH is 1. The molecule has 2 saturated heterocycles. The van der Waals surface area contributed by atoms with Gasteiger partial charge in [0.05, 0.1) is 17.7 Å². The monoisotopic (exact) mass is 272 g/mol. The van der Waals surface area contributed by atoms with Crippen LogP contribution >= 0.6 is 0 Å². The van der Waals surface area contributed by atoms with Crippen molar-refractivity contribution in [1.82, 2.24) is 10.2 Å². The molecule has 0 aliphatic carbocycles. The second-order valence-corrected chi connectivity index (χ2v) is 5.51. The lowest BCUT2D eigenvalue weighted by Crippen LogP contribution is -2.56. The summed E-state index contributed by atoms with van der Waals surface area (Å²) in [6.07, 6.45) is -0.135. The maximum absolute atomic E-state index is 12.2. The first kappa shape index (κ1) is 14.1. The van der Waals surface area contributed by atoms with E-state index in [4.69, 9.17) is 9.84 Å². The van der Waals surface area contributed by atoms with Crippen molar-refractivity contribution in [2.45, 2.75) is 50.5 Å². The number of β-amino-alcohol motifs (C(OH)–C–C–N with tert-alkyl or cyclic N) is 1. The summed E-state index contributed by atoms with van der Waals surface area (Å²) in [5, 5.41) is 21.4. The Morgan fingerprint density at radius 1 is 1.47 bits per heavy atom. The predicted molar refractivity (Wildman–Crippen MR) is 65.7 cm³/mol. The number of amides is 2. The van der Waals surface area contributed by atoms with Crippen molar-refractivity contribution >= 4 is 12.0 Å². The average Bonchev–Trinajstić information content (AvgIpc) is 2.84. The highest BCUT2D eigenvalue weighted by Crippen LogP contribution is 2.26. The van der Waals surface area contributed by atoms with Crippen molar-refractivity contribution in [2.75, 3.05) is 13.2 Å². The smallest absolute Gasteiger partial charge is 0.326 e. The highest BCUT2D eigenvalue weighted by molar-refractivity contribution is 5.84. The van der Waals surface area contributed by atoms with Crippen molar-refractivity contribution in [3.63, 3.8) is 0 Å². The SMILES string of the molecule is CC1OCCC1(C)NC(=O)N1C[C@H](O)C[C@@H]1C(=O)O. The molecule has 7 nitrogen and oxygen atoms in total. The molecule has 2 fully saturated rings. The fourth-order valence-corrected chi connectivity index (χ4v) is 2.59. The van der Waals surface area contributed by atoms with E-state index in [1.807, 2.05) is 13.8 Å². The Balaban J connectivity index is 2.05. The number of likely N-dealkylation sites (tertiary alicyclic amines) is 1. The van der Waals surface area contributed by atoms with E-state index >= 15 is 0 Å². The Morgan fingerprint density at radius 3 is 2.68 bits per heavy atom. The van der Waals surface area contributed by atoms with E-state index in [1.54, 1.807) is 0 Å². The lowest BCUT2D eigenvalue weighted by Gasteiger charge is -2.32. The first-order valence-electron chi connectivity index (χ1n) is 6.45. The van der Waals surface area contributed by atoms with Crippen LogP contribution in [0.1, 0.15) is 26.7 Å². The predicted octanol–water partition coefficient (Wildman–Crippen LogP) is -0.217. The molecule has 2 unspecified atom stereocenters. The Bertz CT molecular complexity index is 388. The van der Waals surface area contributed by atoms with Crippen LogP contribution in [-0.2, 0) is 9.53 Å². The number of nitrogens with one attached hydrogen (secondary N) is 1. The van der Waals surface area contributed by atoms with Gasteiger partial charge in [0.2, 0.25) is 0 Å². The lowest BCUT2D eigenvalue weighted by atomic mass is 9.95. The molecule has 0 spiro atoms. The zero-order valence-electron chi connectivity index (χ0n) is 11.1. The summed E-state index contributed by atoms with van der Waals surface area (Å²) in [5.41, 5.74) is -0.492. The third-order valence-electron chi connectivity index (χ3n) is 4.10. The van der Waals surface area contributed by atoms with Gasteiger partial charge in [-0.1, -0.05) is 0 Å². The maximum Gasteiger partial charge on any atom is 0.326 e.